The van der Waals surface area contributed by atoms with Crippen LogP contribution < -0.4 is 0 Å². The Hall–Kier alpha value is -2.17. The first-order chi connectivity index (χ1) is 11.4. The van der Waals surface area contributed by atoms with Crippen LogP contribution in [0.15, 0.2) is 77.1 Å². The third-order valence-corrected chi connectivity index (χ3v) is 5.56. The molecule has 4 heteroatoms. The molecule has 0 fully saturated rings. The van der Waals surface area contributed by atoms with Gasteiger partial charge in [0.2, 0.25) is 0 Å². The van der Waals surface area contributed by atoms with E-state index in [1.807, 2.05) is 30.5 Å². The Morgan fingerprint density at radius 2 is 1.78 bits per heavy atom. The Morgan fingerprint density at radius 1 is 0.913 bits per heavy atom. The van der Waals surface area contributed by atoms with E-state index >= 15 is 0 Å². The monoisotopic (exact) mass is 334 g/mol. The quantitative estimate of drug-likeness (QED) is 0.451. The van der Waals surface area contributed by atoms with Crippen LogP contribution in [0.5, 0.6) is 0 Å². The Labute approximate surface area is 143 Å². The van der Waals surface area contributed by atoms with Crippen molar-refractivity contribution in [1.82, 2.24) is 9.97 Å². The molecule has 0 N–H and O–H groups in total. The van der Waals surface area contributed by atoms with Gasteiger partial charge < -0.3 is 0 Å². The largest absolute Gasteiger partial charge is 0.255 e. The fourth-order valence-corrected chi connectivity index (χ4v) is 4.30. The van der Waals surface area contributed by atoms with Crippen LogP contribution in [0.25, 0.3) is 21.5 Å². The van der Waals surface area contributed by atoms with Crippen LogP contribution in [0.2, 0.25) is 0 Å². The van der Waals surface area contributed by atoms with E-state index in [4.69, 9.17) is 4.98 Å². The van der Waals surface area contributed by atoms with Crippen molar-refractivity contribution in [1.29, 1.82) is 0 Å². The summed E-state index contributed by atoms with van der Waals surface area (Å²) < 4.78 is 0. The van der Waals surface area contributed by atoms with Gasteiger partial charge in [-0.2, -0.15) is 0 Å². The molecule has 4 aromatic rings. The van der Waals surface area contributed by atoms with Gasteiger partial charge in [0.1, 0.15) is 5.01 Å². The fraction of sp³-hybridized carbons (Fsp3) is 0.0526. The van der Waals surface area contributed by atoms with Gasteiger partial charge in [0, 0.05) is 33.2 Å². The molecule has 0 spiro atoms. The molecule has 0 aliphatic heterocycles. The van der Waals surface area contributed by atoms with Gasteiger partial charge in [-0.25, -0.2) is 4.98 Å². The zero-order valence-electron chi connectivity index (χ0n) is 12.3. The fourth-order valence-electron chi connectivity index (χ4n) is 2.43. The van der Waals surface area contributed by atoms with Gasteiger partial charge in [0.25, 0.3) is 0 Å². The van der Waals surface area contributed by atoms with E-state index in [0.717, 1.165) is 22.0 Å². The van der Waals surface area contributed by atoms with E-state index in [-0.39, 0.29) is 0 Å². The number of fused-ring (bicyclic) bond motifs is 1. The average molecular weight is 334 g/mol. The van der Waals surface area contributed by atoms with Crippen LogP contribution >= 0.6 is 23.1 Å². The van der Waals surface area contributed by atoms with Crippen LogP contribution in [0, 0.1) is 0 Å². The van der Waals surface area contributed by atoms with Crippen molar-refractivity contribution in [3.05, 3.63) is 77.9 Å². The molecular weight excluding hydrogens is 320 g/mol. The van der Waals surface area contributed by atoms with E-state index in [0.29, 0.717) is 0 Å². The van der Waals surface area contributed by atoms with Gasteiger partial charge >= 0.3 is 0 Å². The molecule has 0 aliphatic carbocycles. The van der Waals surface area contributed by atoms with E-state index in [9.17, 15) is 0 Å². The van der Waals surface area contributed by atoms with Gasteiger partial charge in [0.05, 0.1) is 11.2 Å². The molecule has 2 nitrogen and oxygen atoms in total. The van der Waals surface area contributed by atoms with Gasteiger partial charge in [0.15, 0.2) is 0 Å². The minimum Gasteiger partial charge on any atom is -0.255 e. The molecule has 0 saturated carbocycles. The number of hydrogen-bond acceptors (Lipinski definition) is 4. The molecular formula is C19H14N2S2. The number of hydrogen-bond donors (Lipinski definition) is 0. The number of thioether (sulfide) groups is 1. The normalized spacial score (nSPS) is 11.0. The number of benzene rings is 2. The average Bonchev–Trinajstić information content (AvgIpc) is 3.10. The third-order valence-electron chi connectivity index (χ3n) is 3.54. The van der Waals surface area contributed by atoms with E-state index < -0.39 is 0 Å². The second-order valence-corrected chi connectivity index (χ2v) is 7.01. The van der Waals surface area contributed by atoms with Crippen molar-refractivity contribution in [3.8, 4) is 10.6 Å². The number of para-hydroxylation sites is 1. The molecule has 4 rings (SSSR count). The summed E-state index contributed by atoms with van der Waals surface area (Å²) in [7, 11) is 0. The van der Waals surface area contributed by atoms with Crippen LogP contribution in [0.3, 0.4) is 0 Å². The van der Waals surface area contributed by atoms with Crippen molar-refractivity contribution in [2.75, 3.05) is 0 Å². The molecule has 2 aromatic heterocycles. The van der Waals surface area contributed by atoms with Gasteiger partial charge in [-0.15, -0.1) is 23.1 Å². The molecule has 0 amide bonds. The summed E-state index contributed by atoms with van der Waals surface area (Å²) >= 11 is 3.49. The standard InChI is InChI=1S/C19H14N2S2/c1-2-6-15(7-3-1)19-21-16(13-23-19)12-22-17-10-4-8-14-9-5-11-20-18(14)17/h1-11,13H,12H2. The van der Waals surface area contributed by atoms with E-state index in [1.165, 1.54) is 15.8 Å². The highest BCUT2D eigenvalue weighted by molar-refractivity contribution is 7.98. The first kappa shape index (κ1) is 14.4. The molecule has 0 bridgehead atoms. The molecule has 0 unspecified atom stereocenters. The minimum absolute atomic E-state index is 0.860. The number of aromatic nitrogens is 2. The van der Waals surface area contributed by atoms with Crippen molar-refractivity contribution >= 4 is 34.0 Å². The van der Waals surface area contributed by atoms with E-state index in [1.54, 1.807) is 23.1 Å². The summed E-state index contributed by atoms with van der Waals surface area (Å²) in [5, 5.41) is 4.41. The number of rotatable bonds is 4. The zero-order chi connectivity index (χ0) is 15.5. The minimum atomic E-state index is 0.860. The Kier molecular flexibility index (Phi) is 4.09. The Morgan fingerprint density at radius 3 is 2.70 bits per heavy atom. The predicted molar refractivity (Wildman–Crippen MR) is 98.9 cm³/mol. The van der Waals surface area contributed by atoms with Gasteiger partial charge in [-0.3, -0.25) is 4.98 Å². The second kappa shape index (κ2) is 6.52. The highest BCUT2D eigenvalue weighted by atomic mass is 32.2. The SMILES string of the molecule is c1ccc(-c2nc(CSc3cccc4cccnc34)cs2)cc1. The predicted octanol–water partition coefficient (Wildman–Crippen LogP) is 5.65. The summed E-state index contributed by atoms with van der Waals surface area (Å²) in [6.45, 7) is 0. The van der Waals surface area contributed by atoms with Crippen molar-refractivity contribution in [2.24, 2.45) is 0 Å². The lowest BCUT2D eigenvalue weighted by molar-refractivity contribution is 1.23. The molecule has 23 heavy (non-hydrogen) atoms. The topological polar surface area (TPSA) is 25.8 Å². The van der Waals surface area contributed by atoms with Crippen molar-refractivity contribution in [3.63, 3.8) is 0 Å². The molecule has 0 saturated heterocycles. The van der Waals surface area contributed by atoms with Crippen LogP contribution in [-0.2, 0) is 5.75 Å². The molecule has 2 aromatic carbocycles. The Bertz CT molecular complexity index is 927. The van der Waals surface area contributed by atoms with Crippen LogP contribution in [-0.4, -0.2) is 9.97 Å². The summed E-state index contributed by atoms with van der Waals surface area (Å²) in [5.74, 6) is 0.860. The highest BCUT2D eigenvalue weighted by Crippen LogP contribution is 2.30. The van der Waals surface area contributed by atoms with Crippen LogP contribution in [0.1, 0.15) is 5.69 Å². The lowest BCUT2D eigenvalue weighted by Gasteiger charge is -2.04. The maximum atomic E-state index is 4.75. The summed E-state index contributed by atoms with van der Waals surface area (Å²) in [6.07, 6.45) is 1.85. The van der Waals surface area contributed by atoms with Gasteiger partial charge in [-0.1, -0.05) is 48.5 Å². The van der Waals surface area contributed by atoms with E-state index in [2.05, 4.69) is 46.8 Å². The molecule has 0 aliphatic rings. The number of pyridine rings is 1. The van der Waals surface area contributed by atoms with Crippen molar-refractivity contribution < 1.29 is 0 Å². The lowest BCUT2D eigenvalue weighted by Crippen LogP contribution is -1.85. The smallest absolute Gasteiger partial charge is 0.123 e. The molecule has 0 atom stereocenters. The zero-order valence-corrected chi connectivity index (χ0v) is 14.0. The summed E-state index contributed by atoms with van der Waals surface area (Å²) in [6, 6.07) is 20.7. The Balaban J connectivity index is 1.54. The number of nitrogens with zero attached hydrogens (tertiary/aromatic N) is 2. The van der Waals surface area contributed by atoms with Crippen molar-refractivity contribution in [2.45, 2.75) is 10.6 Å². The third kappa shape index (κ3) is 3.14. The molecule has 0 radical (unpaired) electrons. The number of thiazole rings is 1. The first-order valence-corrected chi connectivity index (χ1v) is 9.23. The second-order valence-electron chi connectivity index (χ2n) is 5.13. The molecule has 2 heterocycles. The maximum Gasteiger partial charge on any atom is 0.123 e. The lowest BCUT2D eigenvalue weighted by atomic mass is 10.2. The van der Waals surface area contributed by atoms with Gasteiger partial charge in [-0.05, 0) is 12.1 Å². The first-order valence-electron chi connectivity index (χ1n) is 7.36. The summed E-state index contributed by atoms with van der Waals surface area (Å²) in [5.41, 5.74) is 3.37. The summed E-state index contributed by atoms with van der Waals surface area (Å²) in [4.78, 5) is 10.5. The maximum absolute atomic E-state index is 4.75. The highest BCUT2D eigenvalue weighted by Gasteiger charge is 2.07. The van der Waals surface area contributed by atoms with Crippen LogP contribution in [0.4, 0.5) is 0 Å². The molecule has 112 valence electrons.